The zero-order valence-electron chi connectivity index (χ0n) is 8.51. The summed E-state index contributed by atoms with van der Waals surface area (Å²) in [6.45, 7) is 5.16. The van der Waals surface area contributed by atoms with Crippen LogP contribution in [0.2, 0.25) is 0 Å². The Morgan fingerprint density at radius 3 is 2.36 bits per heavy atom. The van der Waals surface area contributed by atoms with E-state index in [0.717, 1.165) is 0 Å². The molecule has 0 saturated carbocycles. The molecule has 0 fully saturated rings. The van der Waals surface area contributed by atoms with Crippen LogP contribution in [0.15, 0.2) is 10.8 Å². The molecule has 3 nitrogen and oxygen atoms in total. The van der Waals surface area contributed by atoms with E-state index >= 15 is 0 Å². The van der Waals surface area contributed by atoms with Crippen LogP contribution in [0.25, 0.3) is 0 Å². The summed E-state index contributed by atoms with van der Waals surface area (Å²) in [5, 5.41) is 0.292. The Balaban J connectivity index is 3.24. The van der Waals surface area contributed by atoms with Gasteiger partial charge in [0.25, 0.3) is 0 Å². The van der Waals surface area contributed by atoms with Gasteiger partial charge in [0.15, 0.2) is 0 Å². The maximum absolute atomic E-state index is 11.9. The first-order valence-electron chi connectivity index (χ1n) is 4.08. The van der Waals surface area contributed by atoms with Crippen molar-refractivity contribution >= 4 is 30.8 Å². The zero-order chi connectivity index (χ0) is 11.2. The molecule has 0 N–H and O–H groups in total. The monoisotopic (exact) mass is 258 g/mol. The van der Waals surface area contributed by atoms with Crippen molar-refractivity contribution in [3.05, 3.63) is 10.8 Å². The van der Waals surface area contributed by atoms with E-state index in [2.05, 4.69) is 0 Å². The second kappa shape index (κ2) is 3.50. The third-order valence-corrected chi connectivity index (χ3v) is 5.65. The van der Waals surface area contributed by atoms with Crippen LogP contribution in [0.3, 0.4) is 0 Å². The van der Waals surface area contributed by atoms with E-state index in [1.54, 1.807) is 20.8 Å². The van der Waals surface area contributed by atoms with E-state index in [4.69, 9.17) is 32.2 Å². The Labute approximate surface area is 93.9 Å². The van der Waals surface area contributed by atoms with Crippen LogP contribution >= 0.6 is 30.8 Å². The van der Waals surface area contributed by atoms with Crippen LogP contribution in [-0.4, -0.2) is 17.6 Å². The van der Waals surface area contributed by atoms with Gasteiger partial charge < -0.3 is 4.52 Å². The minimum atomic E-state index is -3.23. The maximum atomic E-state index is 11.9. The van der Waals surface area contributed by atoms with Gasteiger partial charge in [0.05, 0.1) is 5.60 Å². The first-order chi connectivity index (χ1) is 6.15. The van der Waals surface area contributed by atoms with Crippen molar-refractivity contribution in [2.24, 2.45) is 0 Å². The molecular weight excluding hydrogens is 246 g/mol. The number of hydrogen-bond acceptors (Lipinski definition) is 3. The third-order valence-electron chi connectivity index (χ3n) is 2.46. The highest BCUT2D eigenvalue weighted by atomic mass is 35.5. The number of alkyl halides is 1. The molecule has 0 radical (unpaired) electrons. The van der Waals surface area contributed by atoms with Crippen LogP contribution in [0, 0.1) is 0 Å². The molecule has 0 spiro atoms. The van der Waals surface area contributed by atoms with Gasteiger partial charge in [-0.3, -0.25) is 9.09 Å². The predicted molar refractivity (Wildman–Crippen MR) is 58.0 cm³/mol. The highest BCUT2D eigenvalue weighted by molar-refractivity contribution is 7.57. The molecule has 0 bridgehead atoms. The Hall–Kier alpha value is 0.470. The highest BCUT2D eigenvalue weighted by Gasteiger charge is 2.51. The molecule has 6 heteroatoms. The summed E-state index contributed by atoms with van der Waals surface area (Å²) in [6, 6.07) is 0. The number of halogens is 2. The standard InChI is InChI=1S/C8H13Cl2O3P/c1-7(2)8(3,10)6(9)5-14(11,12-4)13-7/h5H,1-4H3. The van der Waals surface area contributed by atoms with E-state index in [9.17, 15) is 4.57 Å². The van der Waals surface area contributed by atoms with Crippen LogP contribution < -0.4 is 0 Å². The Bertz CT molecular complexity index is 323. The van der Waals surface area contributed by atoms with Gasteiger partial charge in [-0.15, -0.1) is 11.6 Å². The second-order valence-corrected chi connectivity index (χ2v) is 6.85. The molecule has 0 aliphatic carbocycles. The van der Waals surface area contributed by atoms with Gasteiger partial charge in [-0.05, 0) is 20.8 Å². The number of rotatable bonds is 1. The van der Waals surface area contributed by atoms with E-state index in [0.29, 0.717) is 5.03 Å². The molecule has 1 heterocycles. The van der Waals surface area contributed by atoms with E-state index in [-0.39, 0.29) is 0 Å². The maximum Gasteiger partial charge on any atom is 0.355 e. The van der Waals surface area contributed by atoms with Crippen molar-refractivity contribution < 1.29 is 13.6 Å². The van der Waals surface area contributed by atoms with Crippen molar-refractivity contribution in [3.63, 3.8) is 0 Å². The summed E-state index contributed by atoms with van der Waals surface area (Å²) in [7, 11) is -1.92. The van der Waals surface area contributed by atoms with Crippen molar-refractivity contribution in [2.45, 2.75) is 31.2 Å². The smallest absolute Gasteiger partial charge is 0.309 e. The van der Waals surface area contributed by atoms with Crippen molar-refractivity contribution in [1.29, 1.82) is 0 Å². The molecule has 1 aliphatic heterocycles. The zero-order valence-corrected chi connectivity index (χ0v) is 10.9. The molecule has 0 aromatic carbocycles. The fraction of sp³-hybridized carbons (Fsp3) is 0.750. The van der Waals surface area contributed by atoms with Gasteiger partial charge in [-0.1, -0.05) is 11.6 Å². The molecule has 2 atom stereocenters. The summed E-state index contributed by atoms with van der Waals surface area (Å²) in [4.78, 5) is -0.888. The molecule has 82 valence electrons. The largest absolute Gasteiger partial charge is 0.355 e. The molecule has 1 rings (SSSR count). The van der Waals surface area contributed by atoms with Crippen LogP contribution in [0.5, 0.6) is 0 Å². The average Bonchev–Trinajstić information content (AvgIpc) is 2.00. The van der Waals surface area contributed by atoms with Gasteiger partial charge >= 0.3 is 7.60 Å². The number of hydrogen-bond donors (Lipinski definition) is 0. The molecule has 0 aromatic heterocycles. The molecular formula is C8H13Cl2O3P. The fourth-order valence-electron chi connectivity index (χ4n) is 1.07. The molecule has 0 amide bonds. The summed E-state index contributed by atoms with van der Waals surface area (Å²) in [5.41, 5.74) is -0.841. The van der Waals surface area contributed by atoms with Crippen LogP contribution in [0.1, 0.15) is 20.8 Å². The predicted octanol–water partition coefficient (Wildman–Crippen LogP) is 3.71. The van der Waals surface area contributed by atoms with Gasteiger partial charge in [0.2, 0.25) is 0 Å². The summed E-state index contributed by atoms with van der Waals surface area (Å²) in [6.07, 6.45) is 0. The van der Waals surface area contributed by atoms with E-state index in [1.807, 2.05) is 0 Å². The van der Waals surface area contributed by atoms with Gasteiger partial charge in [-0.2, -0.15) is 0 Å². The molecule has 14 heavy (non-hydrogen) atoms. The lowest BCUT2D eigenvalue weighted by Crippen LogP contribution is -2.47. The summed E-state index contributed by atoms with van der Waals surface area (Å²) >= 11 is 12.1. The van der Waals surface area contributed by atoms with Crippen molar-refractivity contribution in [3.8, 4) is 0 Å². The SMILES string of the molecule is COP1(=O)C=C(Cl)C(C)(Cl)C(C)(C)O1. The third kappa shape index (κ3) is 1.89. The minimum Gasteiger partial charge on any atom is -0.309 e. The lowest BCUT2D eigenvalue weighted by atomic mass is 9.92. The molecule has 2 unspecified atom stereocenters. The van der Waals surface area contributed by atoms with Crippen LogP contribution in [0.4, 0.5) is 0 Å². The van der Waals surface area contributed by atoms with Crippen LogP contribution in [-0.2, 0) is 13.6 Å². The highest BCUT2D eigenvalue weighted by Crippen LogP contribution is 2.62. The van der Waals surface area contributed by atoms with Crippen molar-refractivity contribution in [1.82, 2.24) is 0 Å². The van der Waals surface area contributed by atoms with Crippen molar-refractivity contribution in [2.75, 3.05) is 7.11 Å². The van der Waals surface area contributed by atoms with Gasteiger partial charge in [-0.25, -0.2) is 0 Å². The minimum absolute atomic E-state index is 0.292. The topological polar surface area (TPSA) is 35.5 Å². The Morgan fingerprint density at radius 1 is 1.50 bits per heavy atom. The average molecular weight is 259 g/mol. The van der Waals surface area contributed by atoms with Gasteiger partial charge in [0.1, 0.15) is 4.87 Å². The van der Waals surface area contributed by atoms with Gasteiger partial charge in [0, 0.05) is 18.0 Å². The quantitative estimate of drug-likeness (QED) is 0.531. The lowest BCUT2D eigenvalue weighted by Gasteiger charge is -2.43. The Morgan fingerprint density at radius 2 is 2.00 bits per heavy atom. The first kappa shape index (κ1) is 12.5. The first-order valence-corrected chi connectivity index (χ1v) is 6.45. The molecule has 0 saturated heterocycles. The fourth-order valence-corrected chi connectivity index (χ4v) is 3.46. The summed E-state index contributed by atoms with van der Waals surface area (Å²) < 4.78 is 22.0. The van der Waals surface area contributed by atoms with E-state index in [1.165, 1.54) is 12.9 Å². The molecule has 1 aliphatic rings. The summed E-state index contributed by atoms with van der Waals surface area (Å²) in [5.74, 6) is 1.26. The van der Waals surface area contributed by atoms with E-state index < -0.39 is 18.1 Å². The normalized spacial score (nSPS) is 42.0. The lowest BCUT2D eigenvalue weighted by molar-refractivity contribution is 0.0607. The molecule has 0 aromatic rings. The Kier molecular flexibility index (Phi) is 3.13. The second-order valence-electron chi connectivity index (χ2n) is 3.80.